The van der Waals surface area contributed by atoms with Gasteiger partial charge in [-0.15, -0.1) is 5.10 Å². The van der Waals surface area contributed by atoms with Gasteiger partial charge in [0.2, 0.25) is 59.1 Å². The van der Waals surface area contributed by atoms with Crippen LogP contribution in [0.2, 0.25) is 0 Å². The molecular weight excluding hydrogens is 1460 g/mol. The third-order valence-corrected chi connectivity index (χ3v) is 16.5. The van der Waals surface area contributed by atoms with Crippen molar-refractivity contribution in [2.75, 3.05) is 111 Å². The largest absolute Gasteiger partial charge is 0.480 e. The number of carbonyl (C=O) groups is 11. The molecule has 0 aliphatic carbocycles. The van der Waals surface area contributed by atoms with E-state index in [4.69, 9.17) is 34.2 Å². The molecular formula is C67H95N23O21. The highest BCUT2D eigenvalue weighted by Gasteiger charge is 2.36. The molecule has 44 nitrogen and oxygen atoms in total. The van der Waals surface area contributed by atoms with Crippen molar-refractivity contribution in [3.8, 4) is 0 Å². The number of amides is 10. The summed E-state index contributed by atoms with van der Waals surface area (Å²) in [5.41, 5.74) is 6.66. The number of aryl methyl sites for hydroxylation is 1. The van der Waals surface area contributed by atoms with E-state index < -0.39 is 157 Å². The van der Waals surface area contributed by atoms with Gasteiger partial charge in [-0.2, -0.15) is 4.98 Å². The van der Waals surface area contributed by atoms with Crippen molar-refractivity contribution in [2.45, 2.75) is 133 Å². The number of H-pyrrole nitrogens is 3. The zero-order valence-corrected chi connectivity index (χ0v) is 61.3. The van der Waals surface area contributed by atoms with E-state index in [2.05, 4.69) is 109 Å². The molecule has 0 unspecified atom stereocenters. The van der Waals surface area contributed by atoms with Gasteiger partial charge in [0.15, 0.2) is 11.2 Å². The van der Waals surface area contributed by atoms with Crippen LogP contribution >= 0.6 is 0 Å². The van der Waals surface area contributed by atoms with Crippen molar-refractivity contribution in [2.24, 2.45) is 0 Å². The van der Waals surface area contributed by atoms with E-state index in [9.17, 15) is 72.9 Å². The summed E-state index contributed by atoms with van der Waals surface area (Å²) >= 11 is 0. The molecule has 0 saturated heterocycles. The zero-order chi connectivity index (χ0) is 80.0. The maximum atomic E-state index is 14.7. The maximum Gasteiger partial charge on any atom is 0.326 e. The number of hydrogen-bond donors (Lipinski definition) is 18. The highest BCUT2D eigenvalue weighted by Crippen LogP contribution is 2.15. The Morgan fingerprint density at radius 3 is 1.90 bits per heavy atom. The number of carbonyl (C=O) groups excluding carboxylic acids is 10. The minimum atomic E-state index is -1.85. The fourth-order valence-corrected chi connectivity index (χ4v) is 10.6. The molecule has 0 saturated carbocycles. The number of hydrogen-bond acceptors (Lipinski definition) is 29. The molecule has 0 fully saturated rings. The molecule has 44 heteroatoms. The third kappa shape index (κ3) is 30.1. The van der Waals surface area contributed by atoms with Crippen LogP contribution < -0.4 is 69.8 Å². The lowest BCUT2D eigenvalue weighted by Crippen LogP contribution is -2.62. The number of ether oxygens (including phenoxy) is 6. The fraction of sp³-hybridized carbons (Fsp3) is 0.537. The topological polar surface area (TPSA) is 622 Å². The number of nitrogens with zero attached hydrogens (tertiary/aromatic N) is 8. The lowest BCUT2D eigenvalue weighted by molar-refractivity contribution is -0.139. The molecule has 604 valence electrons. The first-order valence-corrected chi connectivity index (χ1v) is 35.5. The van der Waals surface area contributed by atoms with Crippen molar-refractivity contribution >= 4 is 87.8 Å². The molecule has 1 aliphatic heterocycles. The Labute approximate surface area is 633 Å². The number of imidazole rings is 2. The quantitative estimate of drug-likeness (QED) is 0.0161. The van der Waals surface area contributed by atoms with Crippen LogP contribution in [0.4, 0.5) is 11.6 Å². The Kier molecular flexibility index (Phi) is 36.0. The zero-order valence-electron chi connectivity index (χ0n) is 61.3. The van der Waals surface area contributed by atoms with E-state index in [1.54, 1.807) is 7.11 Å². The molecule has 5 aromatic heterocycles. The molecule has 6 heterocycles. The van der Waals surface area contributed by atoms with E-state index >= 15 is 0 Å². The second-order valence-corrected chi connectivity index (χ2v) is 25.2. The average molecular weight is 1560 g/mol. The van der Waals surface area contributed by atoms with Crippen molar-refractivity contribution in [1.29, 1.82) is 0 Å². The van der Waals surface area contributed by atoms with E-state index in [0.29, 0.717) is 70.7 Å². The number of nitrogen functional groups attached to an aromatic ring is 1. The summed E-state index contributed by atoms with van der Waals surface area (Å²) in [5, 5.41) is 67.9. The first-order valence-electron chi connectivity index (χ1n) is 35.5. The highest BCUT2D eigenvalue weighted by atomic mass is 16.6. The fourth-order valence-electron chi connectivity index (χ4n) is 10.6. The number of aliphatic hydroxyl groups is 2. The van der Waals surface area contributed by atoms with Crippen molar-refractivity contribution in [3.63, 3.8) is 0 Å². The summed E-state index contributed by atoms with van der Waals surface area (Å²) < 4.78 is 33.8. The standard InChI is InChI=1S/C67H95N23O21/c1-38-57(95)80-46(59(97)71-13-15-107-18-19-109-22-23-111-25-24-110-21-20-108-17-16-106-3)6-4-5-14-90-34-44(88-89-90)28-48(60(98)82-49(26-42-29-69-36-75-42)61(99)84-51(35-91)63(101)83-50(27-43-30-70-37-76-43)62(100)85-54(39(2)92)64(102)77-38)79-53(94)33-73-52(93)12-11-47(66(104)105)81-58(96)40-7-9-41(10-8-40)72-31-45-32-74-56-55(78-45)65(103)87-67(68)86-56/h7-10,29-30,32,34,36-39,46-51,54,72,91-92H,4-6,11-28,31,33,35H2,1-3H3,(H,69,75)(H,70,76)(H,71,97)(H,73,93)(H,77,102)(H,79,94)(H,80,95)(H,81,96)(H,82,98)(H,83,101)(H,84,99)(H,85,100)(H,104,105)(H3,68,74,86,87,103)/t38-,39+,46+,47+,48+,49-,50-,51-,54-/m1/s1. The summed E-state index contributed by atoms with van der Waals surface area (Å²) in [6.45, 7) is 4.51. The lowest BCUT2D eigenvalue weighted by atomic mass is 10.1. The SMILES string of the molecule is COCCOCCOCCOCCOCCOCCNC(=O)[C@@H]1CCCCn2cc(nn2)C[C@H](NC(=O)CNC(=O)CC[C@H](NC(=O)c2ccc(NCc3cnc4nc(N)[nH]c(=O)c4n3)cc2)C(=O)O)C(=O)N[C@H](Cc2cnc[nH]2)C(=O)N[C@H](CO)C(=O)N[C@H](Cc2cnc[nH]2)C(=O)N[C@H]([C@H](C)O)C(=O)N[C@H](C)C(=O)N1. The van der Waals surface area contributed by atoms with E-state index in [0.717, 1.165) is 0 Å². The number of rotatable bonds is 37. The predicted octanol–water partition coefficient (Wildman–Crippen LogP) is -6.43. The molecule has 1 aliphatic rings. The Bertz CT molecular complexity index is 4050. The number of anilines is 2. The minimum Gasteiger partial charge on any atom is -0.480 e. The number of methoxy groups -OCH3 is 1. The molecule has 9 atom stereocenters. The van der Waals surface area contributed by atoms with Crippen LogP contribution in [-0.2, 0) is 109 Å². The molecule has 19 N–H and O–H groups in total. The summed E-state index contributed by atoms with van der Waals surface area (Å²) in [5.74, 6) is -11.0. The number of carboxylic acid groups (broad SMARTS) is 1. The molecule has 0 radical (unpaired) electrons. The van der Waals surface area contributed by atoms with Gasteiger partial charge in [0.1, 0.15) is 48.3 Å². The van der Waals surface area contributed by atoms with Crippen LogP contribution in [0.15, 0.2) is 66.5 Å². The number of nitrogens with two attached hydrogens (primary N) is 1. The highest BCUT2D eigenvalue weighted by molar-refractivity contribution is 5.99. The normalized spacial score (nSPS) is 19.2. The number of aliphatic carboxylic acids is 1. The maximum absolute atomic E-state index is 14.7. The average Bonchev–Trinajstić information content (AvgIpc) is 1.60. The second kappa shape index (κ2) is 46.1. The van der Waals surface area contributed by atoms with Crippen molar-refractivity contribution < 1.29 is 96.5 Å². The van der Waals surface area contributed by atoms with Crippen molar-refractivity contribution in [1.82, 2.24) is 108 Å². The van der Waals surface area contributed by atoms with Gasteiger partial charge in [-0.1, -0.05) is 5.21 Å². The van der Waals surface area contributed by atoms with Crippen LogP contribution in [0, 0.1) is 0 Å². The third-order valence-electron chi connectivity index (χ3n) is 16.5. The molecule has 7 rings (SSSR count). The smallest absolute Gasteiger partial charge is 0.326 e. The summed E-state index contributed by atoms with van der Waals surface area (Å²) in [4.78, 5) is 192. The first kappa shape index (κ1) is 86.7. The number of carboxylic acids is 1. The van der Waals surface area contributed by atoms with Gasteiger partial charge >= 0.3 is 5.97 Å². The van der Waals surface area contributed by atoms with Gasteiger partial charge in [0.25, 0.3) is 11.5 Å². The minimum absolute atomic E-state index is 0.0105. The van der Waals surface area contributed by atoms with Gasteiger partial charge < -0.3 is 118 Å². The van der Waals surface area contributed by atoms with Gasteiger partial charge in [-0.05, 0) is 63.8 Å². The van der Waals surface area contributed by atoms with Crippen LogP contribution in [0.3, 0.4) is 0 Å². The predicted molar refractivity (Wildman–Crippen MR) is 386 cm³/mol. The number of benzene rings is 1. The van der Waals surface area contributed by atoms with E-state index in [1.807, 2.05) is 0 Å². The van der Waals surface area contributed by atoms with E-state index in [-0.39, 0.29) is 105 Å². The summed E-state index contributed by atoms with van der Waals surface area (Å²) in [6, 6.07) is -6.81. The monoisotopic (exact) mass is 1560 g/mol. The Hall–Kier alpha value is -11.5. The molecule has 10 amide bonds. The van der Waals surface area contributed by atoms with Gasteiger partial charge in [-0.25, -0.2) is 24.7 Å². The van der Waals surface area contributed by atoms with E-state index in [1.165, 1.54) is 80.2 Å². The molecule has 0 spiro atoms. The van der Waals surface area contributed by atoms with Gasteiger partial charge in [0, 0.05) is 87.1 Å². The lowest BCUT2D eigenvalue weighted by Gasteiger charge is -2.27. The summed E-state index contributed by atoms with van der Waals surface area (Å²) in [6.07, 6.45) is 4.94. The number of aromatic amines is 3. The number of aliphatic hydroxyl groups excluding tert-OH is 2. The van der Waals surface area contributed by atoms with Gasteiger partial charge in [0.05, 0.1) is 129 Å². The number of aromatic nitrogens is 11. The van der Waals surface area contributed by atoms with Crippen LogP contribution in [0.5, 0.6) is 0 Å². The van der Waals surface area contributed by atoms with Crippen LogP contribution in [0.25, 0.3) is 11.2 Å². The van der Waals surface area contributed by atoms with Crippen LogP contribution in [0.1, 0.15) is 79.1 Å². The van der Waals surface area contributed by atoms with Gasteiger partial charge in [-0.3, -0.25) is 62.4 Å². The Balaban J connectivity index is 1.01. The molecule has 1 aromatic carbocycles. The Morgan fingerprint density at radius 2 is 1.30 bits per heavy atom. The molecule has 6 aromatic rings. The van der Waals surface area contributed by atoms with Crippen molar-refractivity contribution in [3.05, 3.63) is 100 Å². The molecule has 2 bridgehead atoms. The first-order chi connectivity index (χ1) is 53.5. The number of nitrogens with one attached hydrogen (secondary N) is 14. The second-order valence-electron chi connectivity index (χ2n) is 25.2. The number of fused-ring (bicyclic) bond motifs is 3. The molecule has 111 heavy (non-hydrogen) atoms. The summed E-state index contributed by atoms with van der Waals surface area (Å²) in [7, 11) is 1.59. The van der Waals surface area contributed by atoms with Crippen LogP contribution in [-0.4, -0.2) is 289 Å². The Morgan fingerprint density at radius 1 is 0.694 bits per heavy atom.